The minimum atomic E-state index is -0.0962. The van der Waals surface area contributed by atoms with E-state index >= 15 is 0 Å². The number of amides is 1. The highest BCUT2D eigenvalue weighted by Crippen LogP contribution is 2.21. The van der Waals surface area contributed by atoms with Crippen LogP contribution in [0.2, 0.25) is 0 Å². The van der Waals surface area contributed by atoms with Crippen molar-refractivity contribution in [3.8, 4) is 0 Å². The number of hydrogen-bond acceptors (Lipinski definition) is 4. The molecule has 0 bridgehead atoms. The van der Waals surface area contributed by atoms with Crippen LogP contribution < -0.4 is 10.6 Å². The van der Waals surface area contributed by atoms with Gasteiger partial charge in [0.15, 0.2) is 5.96 Å². The van der Waals surface area contributed by atoms with Gasteiger partial charge < -0.3 is 20.3 Å². The first kappa shape index (κ1) is 20.3. The lowest BCUT2D eigenvalue weighted by molar-refractivity contribution is -0.00800. The van der Waals surface area contributed by atoms with Gasteiger partial charge >= 0.3 is 0 Å². The number of morpholine rings is 1. The smallest absolute Gasteiger partial charge is 0.251 e. The Morgan fingerprint density at radius 2 is 2.21 bits per heavy atom. The van der Waals surface area contributed by atoms with Crippen molar-refractivity contribution in [2.75, 3.05) is 39.8 Å². The first-order chi connectivity index (χ1) is 13.6. The third-order valence-corrected chi connectivity index (χ3v) is 4.95. The summed E-state index contributed by atoms with van der Waals surface area (Å²) in [5, 5.41) is 10.4. The molecule has 0 spiro atoms. The second kappa shape index (κ2) is 9.70. The normalized spacial score (nSPS) is 17.5. The maximum Gasteiger partial charge on any atom is 0.251 e. The highest BCUT2D eigenvalue weighted by molar-refractivity contribution is 9.10. The van der Waals surface area contributed by atoms with Gasteiger partial charge in [-0.3, -0.25) is 14.5 Å². The SMILES string of the molecule is CN=C(NCCNC(=O)c1cccc(Br)c1)N1CCOC(c2cnn(C)c2)C1. The molecule has 1 amide bonds. The number of carbonyl (C=O) groups is 1. The van der Waals surface area contributed by atoms with Gasteiger partial charge in [-0.15, -0.1) is 0 Å². The molecule has 150 valence electrons. The molecule has 1 atom stereocenters. The lowest BCUT2D eigenvalue weighted by Crippen LogP contribution is -2.49. The predicted octanol–water partition coefficient (Wildman–Crippen LogP) is 1.56. The third kappa shape index (κ3) is 5.32. The molecule has 1 aromatic carbocycles. The van der Waals surface area contributed by atoms with Crippen LogP contribution >= 0.6 is 15.9 Å². The van der Waals surface area contributed by atoms with Gasteiger partial charge in [-0.05, 0) is 18.2 Å². The van der Waals surface area contributed by atoms with E-state index in [-0.39, 0.29) is 12.0 Å². The van der Waals surface area contributed by atoms with Crippen molar-refractivity contribution < 1.29 is 9.53 Å². The van der Waals surface area contributed by atoms with Crippen molar-refractivity contribution in [2.45, 2.75) is 6.10 Å². The zero-order valence-corrected chi connectivity index (χ0v) is 17.6. The summed E-state index contributed by atoms with van der Waals surface area (Å²) < 4.78 is 8.54. The number of aryl methyl sites for hydroxylation is 1. The summed E-state index contributed by atoms with van der Waals surface area (Å²) >= 11 is 3.38. The van der Waals surface area contributed by atoms with E-state index in [0.29, 0.717) is 31.8 Å². The van der Waals surface area contributed by atoms with E-state index in [1.807, 2.05) is 31.6 Å². The summed E-state index contributed by atoms with van der Waals surface area (Å²) in [6.45, 7) is 3.18. The number of rotatable bonds is 5. The van der Waals surface area contributed by atoms with Gasteiger partial charge in [0, 0.05) is 55.5 Å². The number of carbonyl (C=O) groups excluding carboxylic acids is 1. The Balaban J connectivity index is 1.47. The Labute approximate surface area is 173 Å². The number of ether oxygens (including phenoxy) is 1. The van der Waals surface area contributed by atoms with E-state index in [0.717, 1.165) is 22.5 Å². The average Bonchev–Trinajstić information content (AvgIpc) is 3.14. The van der Waals surface area contributed by atoms with Gasteiger partial charge in [-0.2, -0.15) is 5.10 Å². The molecule has 3 rings (SSSR count). The number of benzene rings is 1. The van der Waals surface area contributed by atoms with Crippen LogP contribution in [0.25, 0.3) is 0 Å². The highest BCUT2D eigenvalue weighted by Gasteiger charge is 2.25. The molecule has 0 radical (unpaired) electrons. The standard InChI is InChI=1S/C19H25BrN6O2/c1-21-19(23-7-6-22-18(27)14-4-3-5-16(20)10-14)26-8-9-28-17(13-26)15-11-24-25(2)12-15/h3-5,10-12,17H,6-9,13H2,1-2H3,(H,21,23)(H,22,27). The quantitative estimate of drug-likeness (QED) is 0.411. The van der Waals surface area contributed by atoms with Crippen molar-refractivity contribution in [3.63, 3.8) is 0 Å². The Kier molecular flexibility index (Phi) is 7.05. The summed E-state index contributed by atoms with van der Waals surface area (Å²) in [5.41, 5.74) is 1.69. The van der Waals surface area contributed by atoms with Gasteiger partial charge in [0.25, 0.3) is 5.91 Å². The Hall–Kier alpha value is -2.39. The fraction of sp³-hybridized carbons (Fsp3) is 0.421. The van der Waals surface area contributed by atoms with Crippen LogP contribution in [-0.2, 0) is 11.8 Å². The van der Waals surface area contributed by atoms with Crippen molar-refractivity contribution in [2.24, 2.45) is 12.0 Å². The number of halogens is 1. The molecule has 0 aliphatic carbocycles. The van der Waals surface area contributed by atoms with Crippen molar-refractivity contribution >= 4 is 27.8 Å². The Morgan fingerprint density at radius 1 is 1.39 bits per heavy atom. The van der Waals surface area contributed by atoms with Crippen molar-refractivity contribution in [1.82, 2.24) is 25.3 Å². The fourth-order valence-corrected chi connectivity index (χ4v) is 3.46. The molecule has 1 fully saturated rings. The summed E-state index contributed by atoms with van der Waals surface area (Å²) in [6.07, 6.45) is 3.78. The molecule has 28 heavy (non-hydrogen) atoms. The highest BCUT2D eigenvalue weighted by atomic mass is 79.9. The second-order valence-corrected chi connectivity index (χ2v) is 7.41. The van der Waals surface area contributed by atoms with E-state index in [1.165, 1.54) is 0 Å². The Bertz CT molecular complexity index is 837. The van der Waals surface area contributed by atoms with Gasteiger partial charge in [-0.25, -0.2) is 0 Å². The molecular formula is C19H25BrN6O2. The zero-order chi connectivity index (χ0) is 19.9. The third-order valence-electron chi connectivity index (χ3n) is 4.45. The predicted molar refractivity (Wildman–Crippen MR) is 111 cm³/mol. The molecule has 2 N–H and O–H groups in total. The maximum absolute atomic E-state index is 12.2. The maximum atomic E-state index is 12.2. The molecule has 8 nitrogen and oxygen atoms in total. The summed E-state index contributed by atoms with van der Waals surface area (Å²) in [7, 11) is 3.66. The van der Waals surface area contributed by atoms with Gasteiger partial charge in [0.05, 0.1) is 19.3 Å². The lowest BCUT2D eigenvalue weighted by atomic mass is 10.1. The van der Waals surface area contributed by atoms with E-state index in [9.17, 15) is 4.79 Å². The summed E-state index contributed by atoms with van der Waals surface area (Å²) in [4.78, 5) is 18.7. The summed E-state index contributed by atoms with van der Waals surface area (Å²) in [6, 6.07) is 7.33. The number of nitrogens with zero attached hydrogens (tertiary/aromatic N) is 4. The van der Waals surface area contributed by atoms with E-state index in [4.69, 9.17) is 4.74 Å². The van der Waals surface area contributed by atoms with Crippen LogP contribution in [-0.4, -0.2) is 66.4 Å². The molecule has 0 saturated carbocycles. The van der Waals surface area contributed by atoms with Crippen LogP contribution in [0, 0.1) is 0 Å². The lowest BCUT2D eigenvalue weighted by Gasteiger charge is -2.34. The second-order valence-electron chi connectivity index (χ2n) is 6.49. The first-order valence-electron chi connectivity index (χ1n) is 9.16. The number of aromatic nitrogens is 2. The van der Waals surface area contributed by atoms with Crippen LogP contribution in [0.5, 0.6) is 0 Å². The van der Waals surface area contributed by atoms with Gasteiger partial charge in [0.1, 0.15) is 6.10 Å². The van der Waals surface area contributed by atoms with E-state index in [2.05, 4.69) is 41.6 Å². The van der Waals surface area contributed by atoms with Crippen LogP contribution in [0.4, 0.5) is 0 Å². The molecular weight excluding hydrogens is 424 g/mol. The van der Waals surface area contributed by atoms with Crippen LogP contribution in [0.3, 0.4) is 0 Å². The minimum Gasteiger partial charge on any atom is -0.370 e. The van der Waals surface area contributed by atoms with Gasteiger partial charge in [0.2, 0.25) is 0 Å². The number of nitrogens with one attached hydrogen (secondary N) is 2. The van der Waals surface area contributed by atoms with Crippen molar-refractivity contribution in [1.29, 1.82) is 0 Å². The van der Waals surface area contributed by atoms with Crippen molar-refractivity contribution in [3.05, 3.63) is 52.3 Å². The van der Waals surface area contributed by atoms with Gasteiger partial charge in [-0.1, -0.05) is 22.0 Å². The monoisotopic (exact) mass is 448 g/mol. The zero-order valence-electron chi connectivity index (χ0n) is 16.1. The largest absolute Gasteiger partial charge is 0.370 e. The number of aliphatic imine (C=N–C) groups is 1. The molecule has 1 aliphatic heterocycles. The fourth-order valence-electron chi connectivity index (χ4n) is 3.06. The number of guanidine groups is 1. The minimum absolute atomic E-state index is 0.0303. The van der Waals surface area contributed by atoms with Crippen LogP contribution in [0.1, 0.15) is 22.0 Å². The topological polar surface area (TPSA) is 83.8 Å². The Morgan fingerprint density at radius 3 is 2.93 bits per heavy atom. The molecule has 1 aliphatic rings. The molecule has 9 heteroatoms. The van der Waals surface area contributed by atoms with Crippen LogP contribution in [0.15, 0.2) is 46.1 Å². The van der Waals surface area contributed by atoms with E-state index in [1.54, 1.807) is 23.9 Å². The number of hydrogen-bond donors (Lipinski definition) is 2. The van der Waals surface area contributed by atoms with E-state index < -0.39 is 0 Å². The molecule has 1 unspecified atom stereocenters. The molecule has 1 saturated heterocycles. The molecule has 2 heterocycles. The first-order valence-corrected chi connectivity index (χ1v) is 9.95. The molecule has 2 aromatic rings. The average molecular weight is 449 g/mol. The summed E-state index contributed by atoms with van der Waals surface area (Å²) in [5.74, 6) is 0.704. The molecule has 1 aromatic heterocycles.